The molecule has 0 fully saturated rings. The van der Waals surface area contributed by atoms with Gasteiger partial charge in [-0.2, -0.15) is 0 Å². The molecule has 0 aliphatic rings. The number of hydrogen-bond acceptors (Lipinski definition) is 3. The zero-order chi connectivity index (χ0) is 17.4. The van der Waals surface area contributed by atoms with Gasteiger partial charge in [0.25, 0.3) is 0 Å². The van der Waals surface area contributed by atoms with Crippen molar-refractivity contribution in [1.29, 1.82) is 0 Å². The van der Waals surface area contributed by atoms with Crippen LogP contribution < -0.4 is 4.74 Å². The van der Waals surface area contributed by atoms with Crippen molar-refractivity contribution in [3.05, 3.63) is 76.5 Å². The van der Waals surface area contributed by atoms with Gasteiger partial charge in [-0.25, -0.2) is 0 Å². The molecule has 4 rings (SSSR count). The first-order valence-corrected chi connectivity index (χ1v) is 8.41. The van der Waals surface area contributed by atoms with Gasteiger partial charge in [0.2, 0.25) is 0 Å². The Morgan fingerprint density at radius 3 is 2.72 bits per heavy atom. The Morgan fingerprint density at radius 2 is 1.88 bits per heavy atom. The summed E-state index contributed by atoms with van der Waals surface area (Å²) in [6, 6.07) is 16.6. The van der Waals surface area contributed by atoms with E-state index in [9.17, 15) is 4.79 Å². The number of carbonyl (C=O) groups is 1. The smallest absolute Gasteiger partial charge is 0.315 e. The SMILES string of the molecule is O=C(Cc1coc2ccc3ccccc3c12)Oc1ccc(Cl)cc1Cl. The monoisotopic (exact) mass is 370 g/mol. The van der Waals surface area contributed by atoms with Crippen LogP contribution in [0.5, 0.6) is 5.75 Å². The number of esters is 1. The maximum atomic E-state index is 12.3. The summed E-state index contributed by atoms with van der Waals surface area (Å²) in [5, 5.41) is 3.84. The van der Waals surface area contributed by atoms with Gasteiger partial charge in [0.15, 0.2) is 0 Å². The van der Waals surface area contributed by atoms with Crippen molar-refractivity contribution in [3.8, 4) is 5.75 Å². The van der Waals surface area contributed by atoms with Crippen LogP contribution in [0, 0.1) is 0 Å². The minimum absolute atomic E-state index is 0.0833. The predicted octanol–water partition coefficient (Wildman–Crippen LogP) is 6.04. The van der Waals surface area contributed by atoms with E-state index in [-0.39, 0.29) is 12.2 Å². The second kappa shape index (κ2) is 6.43. The summed E-state index contributed by atoms with van der Waals surface area (Å²) in [7, 11) is 0. The molecule has 0 bridgehead atoms. The third kappa shape index (κ3) is 3.09. The summed E-state index contributed by atoms with van der Waals surface area (Å²) in [4.78, 5) is 12.3. The molecule has 0 aliphatic heterocycles. The summed E-state index contributed by atoms with van der Waals surface area (Å²) in [6.07, 6.45) is 1.68. The van der Waals surface area contributed by atoms with Crippen LogP contribution in [0.25, 0.3) is 21.7 Å². The molecule has 3 nitrogen and oxygen atoms in total. The maximum Gasteiger partial charge on any atom is 0.315 e. The average Bonchev–Trinajstić information content (AvgIpc) is 3.01. The number of fused-ring (bicyclic) bond motifs is 3. The Bertz CT molecular complexity index is 1100. The van der Waals surface area contributed by atoms with E-state index in [0.717, 1.165) is 27.3 Å². The van der Waals surface area contributed by atoms with E-state index in [0.29, 0.717) is 10.0 Å². The Balaban J connectivity index is 1.66. The molecule has 0 N–H and O–H groups in total. The van der Waals surface area contributed by atoms with E-state index in [1.165, 1.54) is 6.07 Å². The number of ether oxygens (including phenoxy) is 1. The molecule has 0 saturated carbocycles. The van der Waals surface area contributed by atoms with Gasteiger partial charge in [0.05, 0.1) is 17.7 Å². The molecule has 124 valence electrons. The lowest BCUT2D eigenvalue weighted by Crippen LogP contribution is -2.11. The van der Waals surface area contributed by atoms with Gasteiger partial charge in [-0.05, 0) is 35.0 Å². The van der Waals surface area contributed by atoms with Gasteiger partial charge in [-0.3, -0.25) is 4.79 Å². The Kier molecular flexibility index (Phi) is 4.12. The molecule has 1 aromatic heterocycles. The molecule has 0 radical (unpaired) electrons. The van der Waals surface area contributed by atoms with Gasteiger partial charge in [-0.15, -0.1) is 0 Å². The molecular formula is C20H12Cl2O3. The molecule has 0 aliphatic carbocycles. The van der Waals surface area contributed by atoms with E-state index < -0.39 is 5.97 Å². The summed E-state index contributed by atoms with van der Waals surface area (Å²) >= 11 is 11.9. The van der Waals surface area contributed by atoms with Crippen molar-refractivity contribution in [1.82, 2.24) is 0 Å². The Hall–Kier alpha value is -2.49. The van der Waals surface area contributed by atoms with E-state index in [1.807, 2.05) is 36.4 Å². The van der Waals surface area contributed by atoms with Crippen LogP contribution in [-0.2, 0) is 11.2 Å². The first-order chi connectivity index (χ1) is 12.1. The highest BCUT2D eigenvalue weighted by Gasteiger charge is 2.15. The van der Waals surface area contributed by atoms with Crippen LogP contribution in [0.3, 0.4) is 0 Å². The van der Waals surface area contributed by atoms with Gasteiger partial charge in [-0.1, -0.05) is 53.5 Å². The average molecular weight is 371 g/mol. The topological polar surface area (TPSA) is 39.4 Å². The quantitative estimate of drug-likeness (QED) is 0.326. The van der Waals surface area contributed by atoms with Gasteiger partial charge in [0, 0.05) is 16.0 Å². The molecule has 25 heavy (non-hydrogen) atoms. The van der Waals surface area contributed by atoms with Crippen LogP contribution >= 0.6 is 23.2 Å². The maximum absolute atomic E-state index is 12.3. The highest BCUT2D eigenvalue weighted by molar-refractivity contribution is 6.35. The zero-order valence-electron chi connectivity index (χ0n) is 13.0. The second-order valence-electron chi connectivity index (χ2n) is 5.65. The van der Waals surface area contributed by atoms with E-state index in [4.69, 9.17) is 32.4 Å². The van der Waals surface area contributed by atoms with E-state index in [2.05, 4.69) is 0 Å². The minimum Gasteiger partial charge on any atom is -0.464 e. The first kappa shape index (κ1) is 16.0. The molecule has 0 saturated heterocycles. The van der Waals surface area contributed by atoms with Crippen molar-refractivity contribution in [3.63, 3.8) is 0 Å². The number of furan rings is 1. The highest BCUT2D eigenvalue weighted by atomic mass is 35.5. The molecule has 5 heteroatoms. The standard InChI is InChI=1S/C20H12Cl2O3/c21-14-6-8-17(16(22)10-14)25-19(23)9-13-11-24-18-7-5-12-3-1-2-4-15(12)20(13)18/h1-8,10-11H,9H2. The lowest BCUT2D eigenvalue weighted by Gasteiger charge is -2.06. The Morgan fingerprint density at radius 1 is 1.04 bits per heavy atom. The molecule has 0 spiro atoms. The summed E-state index contributed by atoms with van der Waals surface area (Å²) < 4.78 is 11.0. The molecule has 3 aromatic carbocycles. The van der Waals surface area contributed by atoms with Crippen molar-refractivity contribution >= 4 is 50.9 Å². The van der Waals surface area contributed by atoms with Gasteiger partial charge < -0.3 is 9.15 Å². The van der Waals surface area contributed by atoms with Crippen molar-refractivity contribution in [2.45, 2.75) is 6.42 Å². The lowest BCUT2D eigenvalue weighted by molar-refractivity contribution is -0.133. The summed E-state index contributed by atoms with van der Waals surface area (Å²) in [5.74, 6) is -0.131. The van der Waals surface area contributed by atoms with Crippen LogP contribution in [0.4, 0.5) is 0 Å². The molecule has 0 unspecified atom stereocenters. The lowest BCUT2D eigenvalue weighted by atomic mass is 10.0. The summed E-state index contributed by atoms with van der Waals surface area (Å²) in [5.41, 5.74) is 1.52. The van der Waals surface area contributed by atoms with E-state index >= 15 is 0 Å². The number of halogens is 2. The zero-order valence-corrected chi connectivity index (χ0v) is 14.5. The molecular weight excluding hydrogens is 359 g/mol. The third-order valence-corrected chi connectivity index (χ3v) is 4.52. The number of rotatable bonds is 3. The van der Waals surface area contributed by atoms with Crippen LogP contribution in [0.1, 0.15) is 5.56 Å². The highest BCUT2D eigenvalue weighted by Crippen LogP contribution is 2.31. The number of hydrogen-bond donors (Lipinski definition) is 0. The second-order valence-corrected chi connectivity index (χ2v) is 6.49. The van der Waals surface area contributed by atoms with Crippen LogP contribution in [0.2, 0.25) is 10.0 Å². The van der Waals surface area contributed by atoms with Crippen molar-refractivity contribution in [2.24, 2.45) is 0 Å². The van der Waals surface area contributed by atoms with Crippen molar-refractivity contribution in [2.75, 3.05) is 0 Å². The van der Waals surface area contributed by atoms with Crippen molar-refractivity contribution < 1.29 is 13.9 Å². The number of carbonyl (C=O) groups excluding carboxylic acids is 1. The van der Waals surface area contributed by atoms with E-state index in [1.54, 1.807) is 18.4 Å². The fourth-order valence-corrected chi connectivity index (χ4v) is 3.32. The van der Waals surface area contributed by atoms with Gasteiger partial charge >= 0.3 is 5.97 Å². The normalized spacial score (nSPS) is 11.1. The molecule has 4 aromatic rings. The van der Waals surface area contributed by atoms with Crippen LogP contribution in [-0.4, -0.2) is 5.97 Å². The first-order valence-electron chi connectivity index (χ1n) is 7.65. The van der Waals surface area contributed by atoms with Crippen LogP contribution in [0.15, 0.2) is 65.3 Å². The van der Waals surface area contributed by atoms with Gasteiger partial charge in [0.1, 0.15) is 11.3 Å². The minimum atomic E-state index is -0.417. The Labute approximate surface area is 153 Å². The molecule has 0 amide bonds. The fraction of sp³-hybridized carbons (Fsp3) is 0.0500. The molecule has 1 heterocycles. The summed E-state index contributed by atoms with van der Waals surface area (Å²) in [6.45, 7) is 0. The fourth-order valence-electron chi connectivity index (χ4n) is 2.88. The largest absolute Gasteiger partial charge is 0.464 e. The predicted molar refractivity (Wildman–Crippen MR) is 99.5 cm³/mol. The molecule has 0 atom stereocenters. The number of benzene rings is 3. The third-order valence-electron chi connectivity index (χ3n) is 3.99.